The van der Waals surface area contributed by atoms with E-state index < -0.39 is 54.6 Å². The molecule has 5 atom stereocenters. The van der Waals surface area contributed by atoms with Crippen molar-refractivity contribution in [3.8, 4) is 0 Å². The van der Waals surface area contributed by atoms with Crippen molar-refractivity contribution in [3.63, 3.8) is 0 Å². The van der Waals surface area contributed by atoms with Crippen LogP contribution in [-0.4, -0.2) is 54.6 Å². The van der Waals surface area contributed by atoms with Gasteiger partial charge in [0.15, 0.2) is 12.2 Å². The molecule has 1 aliphatic heterocycles. The third kappa shape index (κ3) is 7.14. The summed E-state index contributed by atoms with van der Waals surface area (Å²) >= 11 is 0. The first-order valence-electron chi connectivity index (χ1n) is 13.6. The molecule has 5 rings (SSSR count). The van der Waals surface area contributed by atoms with Gasteiger partial charge >= 0.3 is 23.9 Å². The van der Waals surface area contributed by atoms with Gasteiger partial charge in [0.05, 0.1) is 28.4 Å². The fourth-order valence-electron chi connectivity index (χ4n) is 4.54. The van der Waals surface area contributed by atoms with E-state index in [-0.39, 0.29) is 22.3 Å². The van der Waals surface area contributed by atoms with Crippen LogP contribution in [0.4, 0.5) is 0 Å². The topological polar surface area (TPSA) is 114 Å². The van der Waals surface area contributed by atoms with Gasteiger partial charge < -0.3 is 23.7 Å². The molecule has 218 valence electrons. The molecule has 4 aromatic rings. The summed E-state index contributed by atoms with van der Waals surface area (Å²) in [6.45, 7) is 1.57. The molecule has 1 aliphatic rings. The van der Waals surface area contributed by atoms with Gasteiger partial charge in [-0.3, -0.25) is 0 Å². The summed E-state index contributed by atoms with van der Waals surface area (Å²) in [5.41, 5.74) is 0.876. The highest BCUT2D eigenvalue weighted by atomic mass is 16.7. The Morgan fingerprint density at radius 2 is 0.744 bits per heavy atom. The van der Waals surface area contributed by atoms with Gasteiger partial charge in [0.2, 0.25) is 12.4 Å². The minimum absolute atomic E-state index is 0.195. The Morgan fingerprint density at radius 3 is 1.12 bits per heavy atom. The average molecular weight is 581 g/mol. The lowest BCUT2D eigenvalue weighted by atomic mass is 9.98. The molecule has 0 N–H and O–H groups in total. The van der Waals surface area contributed by atoms with E-state index in [9.17, 15) is 19.2 Å². The van der Waals surface area contributed by atoms with Crippen molar-refractivity contribution in [2.75, 3.05) is 0 Å². The van der Waals surface area contributed by atoms with Gasteiger partial charge in [-0.1, -0.05) is 72.8 Å². The second-order valence-electron chi connectivity index (χ2n) is 9.69. The van der Waals surface area contributed by atoms with E-state index in [2.05, 4.69) is 0 Å². The van der Waals surface area contributed by atoms with Crippen LogP contribution in [0.25, 0.3) is 0 Å². The highest BCUT2D eigenvalue weighted by Gasteiger charge is 2.53. The first-order valence-corrected chi connectivity index (χ1v) is 13.6. The van der Waals surface area contributed by atoms with Gasteiger partial charge in [0.1, 0.15) is 0 Å². The van der Waals surface area contributed by atoms with Crippen LogP contribution in [0, 0.1) is 0 Å². The van der Waals surface area contributed by atoms with Crippen LogP contribution in [0.2, 0.25) is 0 Å². The van der Waals surface area contributed by atoms with E-state index in [1.54, 1.807) is 116 Å². The number of rotatable bonds is 8. The molecule has 0 aliphatic carbocycles. The molecule has 4 aromatic carbocycles. The summed E-state index contributed by atoms with van der Waals surface area (Å²) < 4.78 is 29.2. The van der Waals surface area contributed by atoms with Gasteiger partial charge in [-0.05, 0) is 55.5 Å². The third-order valence-electron chi connectivity index (χ3n) is 6.72. The molecule has 0 radical (unpaired) electrons. The van der Waals surface area contributed by atoms with Crippen LogP contribution in [0.15, 0.2) is 121 Å². The Labute approximate surface area is 247 Å². The zero-order valence-electron chi connectivity index (χ0n) is 23.1. The molecule has 9 heteroatoms. The molecule has 1 heterocycles. The van der Waals surface area contributed by atoms with Crippen LogP contribution >= 0.6 is 0 Å². The highest BCUT2D eigenvalue weighted by Crippen LogP contribution is 2.31. The highest BCUT2D eigenvalue weighted by molar-refractivity contribution is 5.92. The Morgan fingerprint density at radius 1 is 0.442 bits per heavy atom. The second kappa shape index (κ2) is 13.6. The van der Waals surface area contributed by atoms with E-state index in [1.165, 1.54) is 12.1 Å². The van der Waals surface area contributed by atoms with Gasteiger partial charge in [-0.25, -0.2) is 19.2 Å². The lowest BCUT2D eigenvalue weighted by molar-refractivity contribution is -0.274. The number of hydrogen-bond acceptors (Lipinski definition) is 9. The van der Waals surface area contributed by atoms with E-state index in [0.29, 0.717) is 0 Å². The van der Waals surface area contributed by atoms with Crippen molar-refractivity contribution in [2.24, 2.45) is 0 Å². The summed E-state index contributed by atoms with van der Waals surface area (Å²) in [6.07, 6.45) is -6.67. The van der Waals surface area contributed by atoms with Crippen molar-refractivity contribution >= 4 is 23.9 Å². The number of benzene rings is 4. The first-order chi connectivity index (χ1) is 20.9. The monoisotopic (exact) mass is 580 g/mol. The minimum Gasteiger partial charge on any atom is -0.452 e. The van der Waals surface area contributed by atoms with Crippen LogP contribution in [0.3, 0.4) is 0 Å². The summed E-state index contributed by atoms with van der Waals surface area (Å²) in [6, 6.07) is 32.7. The number of carbonyl (C=O) groups excluding carboxylic acids is 4. The van der Waals surface area contributed by atoms with Crippen LogP contribution in [0.5, 0.6) is 0 Å². The lowest BCUT2D eigenvalue weighted by Crippen LogP contribution is -2.61. The number of ether oxygens (including phenoxy) is 5. The second-order valence-corrected chi connectivity index (χ2v) is 9.69. The summed E-state index contributed by atoms with van der Waals surface area (Å²) in [7, 11) is 0. The van der Waals surface area contributed by atoms with Crippen LogP contribution in [0.1, 0.15) is 48.4 Å². The van der Waals surface area contributed by atoms with E-state index >= 15 is 0 Å². The lowest BCUT2D eigenvalue weighted by Gasteiger charge is -2.43. The fraction of sp³-hybridized carbons (Fsp3) is 0.176. The molecule has 0 spiro atoms. The number of carbonyl (C=O) groups is 4. The van der Waals surface area contributed by atoms with Crippen LogP contribution in [-0.2, 0) is 23.7 Å². The molecular formula is C34H28O9. The van der Waals surface area contributed by atoms with E-state index in [0.717, 1.165) is 0 Å². The minimum atomic E-state index is -1.52. The third-order valence-corrected chi connectivity index (χ3v) is 6.72. The van der Waals surface area contributed by atoms with Crippen molar-refractivity contribution in [1.82, 2.24) is 0 Å². The largest absolute Gasteiger partial charge is 0.452 e. The molecule has 1 fully saturated rings. The Hall–Kier alpha value is -5.28. The molecule has 9 nitrogen and oxygen atoms in total. The predicted molar refractivity (Wildman–Crippen MR) is 153 cm³/mol. The van der Waals surface area contributed by atoms with Gasteiger partial charge in [-0.15, -0.1) is 0 Å². The quantitative estimate of drug-likeness (QED) is 0.203. The number of hydrogen-bond donors (Lipinski definition) is 0. The molecule has 0 aromatic heterocycles. The first kappa shape index (κ1) is 29.2. The maximum absolute atomic E-state index is 13.3. The summed E-state index contributed by atoms with van der Waals surface area (Å²) in [5.74, 6) is -3.03. The number of esters is 4. The average Bonchev–Trinajstić information content (AvgIpc) is 3.05. The molecule has 1 saturated heterocycles. The Balaban J connectivity index is 1.51. The molecule has 0 saturated carbocycles. The Bertz CT molecular complexity index is 1540. The zero-order chi connectivity index (χ0) is 30.2. The van der Waals surface area contributed by atoms with Crippen molar-refractivity contribution < 1.29 is 42.9 Å². The zero-order valence-corrected chi connectivity index (χ0v) is 23.1. The molecule has 0 amide bonds. The van der Waals surface area contributed by atoms with Gasteiger partial charge in [-0.2, -0.15) is 0 Å². The maximum Gasteiger partial charge on any atom is 0.340 e. The summed E-state index contributed by atoms with van der Waals surface area (Å²) in [5, 5.41) is 0. The molecular weight excluding hydrogens is 552 g/mol. The predicted octanol–water partition coefficient (Wildman–Crippen LogP) is 5.27. The molecule has 2 unspecified atom stereocenters. The van der Waals surface area contributed by atoms with Gasteiger partial charge in [0, 0.05) is 0 Å². The summed E-state index contributed by atoms with van der Waals surface area (Å²) in [4.78, 5) is 52.8. The fourth-order valence-corrected chi connectivity index (χ4v) is 4.54. The van der Waals surface area contributed by atoms with Gasteiger partial charge in [0.25, 0.3) is 0 Å². The van der Waals surface area contributed by atoms with Crippen LogP contribution < -0.4 is 0 Å². The van der Waals surface area contributed by atoms with Crippen molar-refractivity contribution in [2.45, 2.75) is 37.6 Å². The molecule has 43 heavy (non-hydrogen) atoms. The maximum atomic E-state index is 13.3. The van der Waals surface area contributed by atoms with Crippen molar-refractivity contribution in [1.29, 1.82) is 0 Å². The van der Waals surface area contributed by atoms with E-state index in [4.69, 9.17) is 23.7 Å². The molecule has 0 bridgehead atoms. The smallest absolute Gasteiger partial charge is 0.340 e. The SMILES string of the molecule is CC1O[C@H](OC(=O)c2ccccc2)C(OC(=O)c2ccccc2)[C@@H](OC(=O)c2ccccc2)[C@@H]1OC(=O)c1ccccc1. The van der Waals surface area contributed by atoms with Crippen molar-refractivity contribution in [3.05, 3.63) is 144 Å². The normalized spacial score (nSPS) is 21.2. The Kier molecular flexibility index (Phi) is 9.23. The standard InChI is InChI=1S/C34H28O9/c1-22-27(40-30(35)23-14-6-2-7-15-23)28(41-31(36)24-16-8-3-9-17-24)29(42-32(37)25-18-10-4-11-19-25)34(39-22)43-33(38)26-20-12-5-13-21-26/h2-22,27-29,34H,1H3/t22?,27-,28+,29?,34-/m1/s1. The van der Waals surface area contributed by atoms with E-state index in [1.807, 2.05) is 0 Å².